The van der Waals surface area contributed by atoms with Crippen LogP contribution in [0, 0.1) is 5.82 Å². The van der Waals surface area contributed by atoms with Crippen LogP contribution in [0.5, 0.6) is 11.5 Å². The highest BCUT2D eigenvalue weighted by atomic mass is 79.9. The van der Waals surface area contributed by atoms with Crippen molar-refractivity contribution in [3.8, 4) is 11.5 Å². The molecule has 0 spiro atoms. The summed E-state index contributed by atoms with van der Waals surface area (Å²) in [6.07, 6.45) is 0. The van der Waals surface area contributed by atoms with Crippen molar-refractivity contribution in [2.24, 2.45) is 0 Å². The van der Waals surface area contributed by atoms with E-state index in [2.05, 4.69) is 31.9 Å². The fourth-order valence-corrected chi connectivity index (χ4v) is 2.65. The van der Waals surface area contributed by atoms with Gasteiger partial charge < -0.3 is 9.84 Å². The third kappa shape index (κ3) is 3.50. The number of halogens is 4. The van der Waals surface area contributed by atoms with Crippen LogP contribution in [0.3, 0.4) is 0 Å². The normalized spacial score (nSPS) is 10.4. The van der Waals surface area contributed by atoms with Crippen molar-refractivity contribution in [3.63, 3.8) is 0 Å². The summed E-state index contributed by atoms with van der Waals surface area (Å²) in [5.41, 5.74) is 0.0555. The van der Waals surface area contributed by atoms with E-state index in [0.717, 1.165) is 6.07 Å². The van der Waals surface area contributed by atoms with Crippen molar-refractivity contribution < 1.29 is 19.0 Å². The van der Waals surface area contributed by atoms with E-state index in [0.29, 0.717) is 8.95 Å². The number of rotatable bonds is 3. The quantitative estimate of drug-likeness (QED) is 0.663. The molecule has 104 valence electrons. The molecule has 0 bridgehead atoms. The molecule has 3 nitrogen and oxygen atoms in total. The van der Waals surface area contributed by atoms with E-state index in [4.69, 9.17) is 21.4 Å². The zero-order valence-corrected chi connectivity index (χ0v) is 13.6. The Hall–Kier alpha value is -1.11. The SMILES string of the molecule is O=C(O)c1cc(Br)cc(Oc2cc(F)c(Cl)cc2Br)c1. The Morgan fingerprint density at radius 1 is 1.20 bits per heavy atom. The van der Waals surface area contributed by atoms with E-state index < -0.39 is 11.8 Å². The summed E-state index contributed by atoms with van der Waals surface area (Å²) in [5, 5.41) is 8.93. The number of hydrogen-bond donors (Lipinski definition) is 1. The topological polar surface area (TPSA) is 46.5 Å². The highest BCUT2D eigenvalue weighted by molar-refractivity contribution is 9.10. The van der Waals surface area contributed by atoms with Gasteiger partial charge in [0, 0.05) is 10.5 Å². The first-order valence-electron chi connectivity index (χ1n) is 5.23. The highest BCUT2D eigenvalue weighted by Crippen LogP contribution is 2.34. The zero-order chi connectivity index (χ0) is 14.9. The van der Waals surface area contributed by atoms with Gasteiger partial charge in [-0.05, 0) is 40.2 Å². The summed E-state index contributed by atoms with van der Waals surface area (Å²) in [6, 6.07) is 6.83. The minimum atomic E-state index is -1.09. The average molecular weight is 424 g/mol. The first-order chi connectivity index (χ1) is 9.36. The number of benzene rings is 2. The lowest BCUT2D eigenvalue weighted by Crippen LogP contribution is -1.97. The lowest BCUT2D eigenvalue weighted by molar-refractivity contribution is 0.0696. The van der Waals surface area contributed by atoms with Crippen LogP contribution in [-0.4, -0.2) is 11.1 Å². The molecule has 2 rings (SSSR count). The molecule has 0 heterocycles. The summed E-state index contributed by atoms with van der Waals surface area (Å²) in [4.78, 5) is 11.0. The van der Waals surface area contributed by atoms with Gasteiger partial charge in [-0.25, -0.2) is 9.18 Å². The zero-order valence-electron chi connectivity index (χ0n) is 9.66. The Kier molecular flexibility index (Phi) is 4.67. The van der Waals surface area contributed by atoms with Gasteiger partial charge in [-0.15, -0.1) is 0 Å². The van der Waals surface area contributed by atoms with E-state index in [1.54, 1.807) is 6.07 Å². The smallest absolute Gasteiger partial charge is 0.335 e. The molecule has 0 amide bonds. The average Bonchev–Trinajstić information content (AvgIpc) is 2.35. The third-order valence-corrected chi connectivity index (χ3v) is 3.69. The maximum Gasteiger partial charge on any atom is 0.335 e. The second kappa shape index (κ2) is 6.11. The van der Waals surface area contributed by atoms with Gasteiger partial charge in [0.2, 0.25) is 0 Å². The molecular formula is C13H6Br2ClFO3. The van der Waals surface area contributed by atoms with Crippen molar-refractivity contribution in [3.05, 3.63) is 55.7 Å². The molecule has 0 fully saturated rings. The molecule has 2 aromatic carbocycles. The van der Waals surface area contributed by atoms with Gasteiger partial charge in [0.05, 0.1) is 15.1 Å². The maximum atomic E-state index is 13.4. The minimum absolute atomic E-state index is 0.0373. The Bertz CT molecular complexity index is 692. The molecule has 0 unspecified atom stereocenters. The number of hydrogen-bond acceptors (Lipinski definition) is 2. The Morgan fingerprint density at radius 2 is 1.90 bits per heavy atom. The van der Waals surface area contributed by atoms with Crippen molar-refractivity contribution in [1.82, 2.24) is 0 Å². The van der Waals surface area contributed by atoms with Crippen LogP contribution in [0.1, 0.15) is 10.4 Å². The standard InChI is InChI=1S/C13H6Br2ClFO3/c14-7-1-6(13(18)19)2-8(3-7)20-12-5-11(17)10(16)4-9(12)15/h1-5H,(H,18,19). The van der Waals surface area contributed by atoms with Gasteiger partial charge in [-0.2, -0.15) is 0 Å². The molecule has 0 radical (unpaired) electrons. The second-order valence-corrected chi connectivity index (χ2v) is 5.96. The van der Waals surface area contributed by atoms with Crippen LogP contribution in [0.2, 0.25) is 5.02 Å². The molecule has 0 aliphatic carbocycles. The first kappa shape index (κ1) is 15.3. The monoisotopic (exact) mass is 422 g/mol. The largest absolute Gasteiger partial charge is 0.478 e. The molecule has 0 saturated heterocycles. The number of carboxylic acid groups (broad SMARTS) is 1. The van der Waals surface area contributed by atoms with Crippen LogP contribution in [0.15, 0.2) is 39.3 Å². The summed E-state index contributed by atoms with van der Waals surface area (Å²) in [5.74, 6) is -1.25. The predicted octanol–water partition coefficient (Wildman–Crippen LogP) is 5.49. The Labute approximate surface area is 135 Å². The van der Waals surface area contributed by atoms with Gasteiger partial charge >= 0.3 is 5.97 Å². The van der Waals surface area contributed by atoms with E-state index in [1.807, 2.05) is 0 Å². The molecule has 0 atom stereocenters. The molecule has 0 aliphatic heterocycles. The summed E-state index contributed by atoms with van der Waals surface area (Å²) >= 11 is 12.0. The van der Waals surface area contributed by atoms with Crippen LogP contribution >= 0.6 is 43.5 Å². The molecule has 1 N–H and O–H groups in total. The van der Waals surface area contributed by atoms with Gasteiger partial charge in [-0.3, -0.25) is 0 Å². The van der Waals surface area contributed by atoms with E-state index in [9.17, 15) is 9.18 Å². The second-order valence-electron chi connectivity index (χ2n) is 3.78. The molecule has 20 heavy (non-hydrogen) atoms. The van der Waals surface area contributed by atoms with Gasteiger partial charge in [0.15, 0.2) is 0 Å². The first-order valence-corrected chi connectivity index (χ1v) is 7.19. The van der Waals surface area contributed by atoms with Gasteiger partial charge in [-0.1, -0.05) is 27.5 Å². The summed E-state index contributed by atoms with van der Waals surface area (Å²) in [6.45, 7) is 0. The van der Waals surface area contributed by atoms with Crippen LogP contribution in [0.25, 0.3) is 0 Å². The van der Waals surface area contributed by atoms with E-state index >= 15 is 0 Å². The fraction of sp³-hybridized carbons (Fsp3) is 0. The molecule has 0 aromatic heterocycles. The van der Waals surface area contributed by atoms with Crippen LogP contribution < -0.4 is 4.74 Å². The van der Waals surface area contributed by atoms with Gasteiger partial charge in [0.25, 0.3) is 0 Å². The summed E-state index contributed by atoms with van der Waals surface area (Å²) in [7, 11) is 0. The van der Waals surface area contributed by atoms with E-state index in [-0.39, 0.29) is 22.1 Å². The molecule has 0 aliphatic rings. The fourth-order valence-electron chi connectivity index (χ4n) is 1.45. The van der Waals surface area contributed by atoms with Crippen molar-refractivity contribution in [2.75, 3.05) is 0 Å². The Morgan fingerprint density at radius 3 is 2.55 bits per heavy atom. The van der Waals surface area contributed by atoms with Crippen LogP contribution in [0.4, 0.5) is 4.39 Å². The predicted molar refractivity (Wildman–Crippen MR) is 80.3 cm³/mol. The molecule has 7 heteroatoms. The minimum Gasteiger partial charge on any atom is -0.478 e. The highest BCUT2D eigenvalue weighted by Gasteiger charge is 2.11. The number of ether oxygens (including phenoxy) is 1. The molecular weight excluding hydrogens is 418 g/mol. The Balaban J connectivity index is 2.40. The van der Waals surface area contributed by atoms with Gasteiger partial charge in [0.1, 0.15) is 17.3 Å². The van der Waals surface area contributed by atoms with Crippen molar-refractivity contribution >= 4 is 49.4 Å². The van der Waals surface area contributed by atoms with Crippen LogP contribution in [-0.2, 0) is 0 Å². The summed E-state index contributed by atoms with van der Waals surface area (Å²) < 4.78 is 19.9. The third-order valence-electron chi connectivity index (χ3n) is 2.32. The molecule has 2 aromatic rings. The maximum absolute atomic E-state index is 13.4. The number of carbonyl (C=O) groups is 1. The van der Waals surface area contributed by atoms with Crippen molar-refractivity contribution in [2.45, 2.75) is 0 Å². The van der Waals surface area contributed by atoms with Crippen molar-refractivity contribution in [1.29, 1.82) is 0 Å². The number of carboxylic acids is 1. The van der Waals surface area contributed by atoms with E-state index in [1.165, 1.54) is 18.2 Å². The lowest BCUT2D eigenvalue weighted by atomic mass is 10.2. The lowest BCUT2D eigenvalue weighted by Gasteiger charge is -2.10. The number of aromatic carboxylic acids is 1. The molecule has 0 saturated carbocycles.